The predicted molar refractivity (Wildman–Crippen MR) is 150 cm³/mol. The predicted octanol–water partition coefficient (Wildman–Crippen LogP) is 5.75. The van der Waals surface area contributed by atoms with Crippen molar-refractivity contribution in [3.63, 3.8) is 0 Å². The largest absolute Gasteiger partial charge is 0.488 e. The van der Waals surface area contributed by atoms with Crippen LogP contribution in [0.4, 0.5) is 5.69 Å². The average molecular weight is 580 g/mol. The van der Waals surface area contributed by atoms with Crippen molar-refractivity contribution in [1.29, 1.82) is 0 Å². The fraction of sp³-hybridized carbons (Fsp3) is 0.179. The van der Waals surface area contributed by atoms with Gasteiger partial charge in [0.2, 0.25) is 5.91 Å². The van der Waals surface area contributed by atoms with Crippen LogP contribution in [0.3, 0.4) is 0 Å². The van der Waals surface area contributed by atoms with Gasteiger partial charge in [-0.05, 0) is 81.4 Å². The minimum Gasteiger partial charge on any atom is -0.488 e. The van der Waals surface area contributed by atoms with Gasteiger partial charge in [0.1, 0.15) is 17.2 Å². The van der Waals surface area contributed by atoms with E-state index >= 15 is 0 Å². The summed E-state index contributed by atoms with van der Waals surface area (Å²) in [7, 11) is 0. The van der Waals surface area contributed by atoms with Gasteiger partial charge in [-0.15, -0.1) is 0 Å². The molecule has 1 atom stereocenters. The summed E-state index contributed by atoms with van der Waals surface area (Å²) in [6.07, 6.45) is 0.0348. The summed E-state index contributed by atoms with van der Waals surface area (Å²) >= 11 is 4.71. The second kappa shape index (κ2) is 12.6. The van der Waals surface area contributed by atoms with E-state index < -0.39 is 6.04 Å². The molecule has 1 heterocycles. The Hall–Kier alpha value is -3.53. The summed E-state index contributed by atoms with van der Waals surface area (Å²) in [4.78, 5) is 26.4. The number of hydrogen-bond acceptors (Lipinski definition) is 6. The van der Waals surface area contributed by atoms with Crippen molar-refractivity contribution < 1.29 is 14.3 Å². The van der Waals surface area contributed by atoms with Gasteiger partial charge in [-0.2, -0.15) is 4.37 Å². The Morgan fingerprint density at radius 1 is 1.03 bits per heavy atom. The number of amides is 2. The van der Waals surface area contributed by atoms with Crippen LogP contribution in [0, 0.1) is 6.92 Å². The topological polar surface area (TPSA) is 106 Å². The van der Waals surface area contributed by atoms with E-state index in [1.807, 2.05) is 73.7 Å². The van der Waals surface area contributed by atoms with Crippen LogP contribution >= 0.6 is 27.5 Å². The number of ether oxygens (including phenoxy) is 1. The molecule has 0 spiro atoms. The van der Waals surface area contributed by atoms with Crippen LogP contribution in [0.2, 0.25) is 0 Å². The molecule has 0 fully saturated rings. The normalized spacial score (nSPS) is 11.5. The molecule has 4 aromatic rings. The molecule has 190 valence electrons. The molecule has 2 amide bonds. The van der Waals surface area contributed by atoms with Crippen molar-refractivity contribution >= 4 is 45.0 Å². The lowest BCUT2D eigenvalue weighted by atomic mass is 10.0. The Kier molecular flexibility index (Phi) is 9.05. The summed E-state index contributed by atoms with van der Waals surface area (Å²) in [5.41, 5.74) is 9.88. The molecule has 7 nitrogen and oxygen atoms in total. The molecule has 4 rings (SSSR count). The van der Waals surface area contributed by atoms with Crippen LogP contribution in [0.1, 0.15) is 44.5 Å². The summed E-state index contributed by atoms with van der Waals surface area (Å²) in [6, 6.07) is 24.0. The molecule has 1 aromatic heterocycles. The van der Waals surface area contributed by atoms with Gasteiger partial charge in [0, 0.05) is 12.2 Å². The van der Waals surface area contributed by atoms with Gasteiger partial charge >= 0.3 is 0 Å². The highest BCUT2D eigenvalue weighted by Crippen LogP contribution is 2.31. The highest BCUT2D eigenvalue weighted by atomic mass is 79.9. The summed E-state index contributed by atoms with van der Waals surface area (Å²) in [6.45, 7) is 2.64. The number of aromatic nitrogens is 1. The summed E-state index contributed by atoms with van der Waals surface area (Å²) in [5.74, 6) is 0.147. The first-order valence-corrected chi connectivity index (χ1v) is 13.3. The zero-order chi connectivity index (χ0) is 26.2. The number of nitrogens with zero attached hydrogens (tertiary/aromatic N) is 1. The Bertz CT molecular complexity index is 1380. The third kappa shape index (κ3) is 7.48. The van der Waals surface area contributed by atoms with Crippen molar-refractivity contribution in [2.75, 3.05) is 5.32 Å². The molecule has 37 heavy (non-hydrogen) atoms. The number of anilines is 1. The zero-order valence-corrected chi connectivity index (χ0v) is 22.6. The van der Waals surface area contributed by atoms with E-state index in [0.717, 1.165) is 38.4 Å². The van der Waals surface area contributed by atoms with E-state index in [4.69, 9.17) is 10.5 Å². The number of hydrogen-bond donors (Lipinski definition) is 3. The summed E-state index contributed by atoms with van der Waals surface area (Å²) in [5, 5.41) is 5.90. The third-order valence-electron chi connectivity index (χ3n) is 5.59. The summed E-state index contributed by atoms with van der Waals surface area (Å²) < 4.78 is 10.9. The average Bonchev–Trinajstić information content (AvgIpc) is 3.34. The van der Waals surface area contributed by atoms with Gasteiger partial charge in [0.15, 0.2) is 0 Å². The number of benzene rings is 3. The van der Waals surface area contributed by atoms with E-state index in [2.05, 4.69) is 30.9 Å². The molecule has 0 aliphatic heterocycles. The maximum absolute atomic E-state index is 13.0. The van der Waals surface area contributed by atoms with Crippen molar-refractivity contribution in [3.05, 3.63) is 111 Å². The minimum atomic E-state index is -0.577. The fourth-order valence-corrected chi connectivity index (χ4v) is 4.88. The second-order valence-electron chi connectivity index (χ2n) is 8.48. The highest BCUT2D eigenvalue weighted by molar-refractivity contribution is 9.10. The zero-order valence-electron chi connectivity index (χ0n) is 20.2. The molecular formula is C28H27BrN4O3S. The number of rotatable bonds is 10. The maximum Gasteiger partial charge on any atom is 0.263 e. The number of nitrogens with two attached hydrogens (primary N) is 1. The van der Waals surface area contributed by atoms with E-state index in [1.54, 1.807) is 12.1 Å². The Morgan fingerprint density at radius 2 is 1.81 bits per heavy atom. The van der Waals surface area contributed by atoms with Crippen molar-refractivity contribution in [3.8, 4) is 5.75 Å². The minimum absolute atomic E-state index is 0.0348. The number of carbonyl (C=O) groups is 2. The number of carbonyl (C=O) groups excluding carboxylic acids is 2. The van der Waals surface area contributed by atoms with Gasteiger partial charge < -0.3 is 21.1 Å². The van der Waals surface area contributed by atoms with E-state index in [9.17, 15) is 9.59 Å². The van der Waals surface area contributed by atoms with Crippen LogP contribution in [-0.2, 0) is 17.9 Å². The molecular weight excluding hydrogens is 552 g/mol. The van der Waals surface area contributed by atoms with Crippen LogP contribution < -0.4 is 21.1 Å². The first-order chi connectivity index (χ1) is 17.9. The number of halogens is 1. The van der Waals surface area contributed by atoms with Crippen LogP contribution in [0.15, 0.2) is 83.3 Å². The van der Waals surface area contributed by atoms with Crippen LogP contribution in [-0.4, -0.2) is 16.2 Å². The lowest BCUT2D eigenvalue weighted by molar-refractivity contribution is -0.116. The molecule has 0 aliphatic rings. The smallest absolute Gasteiger partial charge is 0.263 e. The van der Waals surface area contributed by atoms with Gasteiger partial charge in [-0.25, -0.2) is 0 Å². The van der Waals surface area contributed by atoms with Crippen molar-refractivity contribution in [2.24, 2.45) is 5.73 Å². The Morgan fingerprint density at radius 3 is 2.51 bits per heavy atom. The number of aryl methyl sites for hydroxylation is 1. The molecule has 4 N–H and O–H groups in total. The molecule has 0 aliphatic carbocycles. The van der Waals surface area contributed by atoms with E-state index in [0.29, 0.717) is 29.5 Å². The molecule has 0 unspecified atom stereocenters. The monoisotopic (exact) mass is 578 g/mol. The molecule has 0 saturated carbocycles. The molecule has 0 bridgehead atoms. The Balaban J connectivity index is 1.52. The first-order valence-electron chi connectivity index (χ1n) is 11.7. The fourth-order valence-electron chi connectivity index (χ4n) is 3.71. The molecule has 9 heteroatoms. The van der Waals surface area contributed by atoms with Crippen LogP contribution in [0.25, 0.3) is 0 Å². The SMILES string of the molecule is Cc1cc(C(=O)N[C@H](CC(=O)Nc2cccc(CN)c2)c2ccc(OCc3ccccc3)c(Br)c2)sn1. The van der Waals surface area contributed by atoms with Gasteiger partial charge in [-0.3, -0.25) is 9.59 Å². The second-order valence-corrected chi connectivity index (χ2v) is 10.1. The maximum atomic E-state index is 13.0. The Labute approximate surface area is 228 Å². The standard InChI is InChI=1S/C28H27BrN4O3S/c1-18-12-26(37-33-18)28(35)32-24(15-27(34)31-22-9-5-8-20(13-22)16-30)21-10-11-25(23(29)14-21)36-17-19-6-3-2-4-7-19/h2-14,24H,15-17,30H2,1H3,(H,31,34)(H,32,35)/t24-/m1/s1. The highest BCUT2D eigenvalue weighted by Gasteiger charge is 2.22. The van der Waals surface area contributed by atoms with E-state index in [1.165, 1.54) is 0 Å². The molecule has 0 saturated heterocycles. The lowest BCUT2D eigenvalue weighted by Crippen LogP contribution is -2.31. The lowest BCUT2D eigenvalue weighted by Gasteiger charge is -2.20. The van der Waals surface area contributed by atoms with Gasteiger partial charge in [0.05, 0.1) is 22.6 Å². The third-order valence-corrected chi connectivity index (χ3v) is 7.09. The quantitative estimate of drug-likeness (QED) is 0.222. The first kappa shape index (κ1) is 26.5. The van der Waals surface area contributed by atoms with E-state index in [-0.39, 0.29) is 18.2 Å². The van der Waals surface area contributed by atoms with Crippen molar-refractivity contribution in [1.82, 2.24) is 9.69 Å². The van der Waals surface area contributed by atoms with Gasteiger partial charge in [-0.1, -0.05) is 48.5 Å². The van der Waals surface area contributed by atoms with Crippen LogP contribution in [0.5, 0.6) is 5.75 Å². The molecule has 3 aromatic carbocycles. The number of nitrogens with one attached hydrogen (secondary N) is 2. The van der Waals surface area contributed by atoms with Crippen molar-refractivity contribution in [2.45, 2.75) is 32.5 Å². The molecule has 0 radical (unpaired) electrons. The van der Waals surface area contributed by atoms with Gasteiger partial charge in [0.25, 0.3) is 5.91 Å².